The van der Waals surface area contributed by atoms with Crippen molar-refractivity contribution in [2.24, 2.45) is 0 Å². The predicted molar refractivity (Wildman–Crippen MR) is 104 cm³/mol. The number of hydrogen-bond acceptors (Lipinski definition) is 6. The lowest BCUT2D eigenvalue weighted by molar-refractivity contribution is 0.0590. The molecule has 0 radical (unpaired) electrons. The van der Waals surface area contributed by atoms with Crippen LogP contribution in [0.4, 0.5) is 5.69 Å². The van der Waals surface area contributed by atoms with Crippen molar-refractivity contribution in [3.8, 4) is 0 Å². The smallest absolute Gasteiger partial charge is 0.356 e. The van der Waals surface area contributed by atoms with Gasteiger partial charge in [0.15, 0.2) is 11.3 Å². The number of rotatable bonds is 5. The van der Waals surface area contributed by atoms with Gasteiger partial charge in [-0.15, -0.1) is 5.10 Å². The van der Waals surface area contributed by atoms with Crippen LogP contribution in [0.2, 0.25) is 0 Å². The molecule has 1 aromatic carbocycles. The zero-order valence-electron chi connectivity index (χ0n) is 15.9. The quantitative estimate of drug-likeness (QED) is 0.506. The highest BCUT2D eigenvalue weighted by atomic mass is 16.5. The molecule has 8 nitrogen and oxygen atoms in total. The van der Waals surface area contributed by atoms with Crippen LogP contribution in [-0.4, -0.2) is 50.8 Å². The molecule has 0 N–H and O–H groups in total. The number of esters is 1. The number of nitrogens with zero attached hydrogens (tertiary/aromatic N) is 6. The average molecular weight is 366 g/mol. The Morgan fingerprint density at radius 1 is 1.19 bits per heavy atom. The Balaban J connectivity index is 2.34. The number of benzene rings is 1. The topological polar surface area (TPSA) is 77.5 Å². The molecule has 0 amide bonds. The summed E-state index contributed by atoms with van der Waals surface area (Å²) in [6.07, 6.45) is 0. The summed E-state index contributed by atoms with van der Waals surface area (Å²) in [7, 11) is 1.42. The summed E-state index contributed by atoms with van der Waals surface area (Å²) < 4.78 is 8.91. The van der Waals surface area contributed by atoms with E-state index in [2.05, 4.69) is 34.3 Å². The maximum Gasteiger partial charge on any atom is 0.356 e. The summed E-state index contributed by atoms with van der Waals surface area (Å²) in [6.45, 7) is 8.30. The lowest BCUT2D eigenvalue weighted by Crippen LogP contribution is -2.25. The molecular formula is C19H22N6O2. The van der Waals surface area contributed by atoms with Gasteiger partial charge >= 0.3 is 5.97 Å². The SMILES string of the molecule is CCN(CC)c1c(C(=O)OC)n(CC)c2c3ccccc3n3nnnc3c12. The normalized spacial score (nSPS) is 11.6. The van der Waals surface area contributed by atoms with Crippen LogP contribution in [0.1, 0.15) is 31.3 Å². The summed E-state index contributed by atoms with van der Waals surface area (Å²) in [6, 6.07) is 7.97. The lowest BCUT2D eigenvalue weighted by Gasteiger charge is -2.22. The largest absolute Gasteiger partial charge is 0.464 e. The number of fused-ring (bicyclic) bond motifs is 6. The second-order valence-electron chi connectivity index (χ2n) is 6.26. The number of carbonyl (C=O) groups excluding carboxylic acids is 1. The maximum atomic E-state index is 12.8. The van der Waals surface area contributed by atoms with E-state index < -0.39 is 0 Å². The van der Waals surface area contributed by atoms with Crippen molar-refractivity contribution in [1.29, 1.82) is 0 Å². The van der Waals surface area contributed by atoms with Crippen molar-refractivity contribution in [3.63, 3.8) is 0 Å². The monoisotopic (exact) mass is 366 g/mol. The number of aryl methyl sites for hydroxylation is 1. The van der Waals surface area contributed by atoms with Gasteiger partial charge in [0, 0.05) is 25.0 Å². The third-order valence-electron chi connectivity index (χ3n) is 5.09. The molecule has 0 aliphatic heterocycles. The Morgan fingerprint density at radius 2 is 1.93 bits per heavy atom. The first-order chi connectivity index (χ1) is 13.2. The summed E-state index contributed by atoms with van der Waals surface area (Å²) in [5.41, 5.74) is 3.87. The van der Waals surface area contributed by atoms with E-state index in [0.717, 1.165) is 40.6 Å². The van der Waals surface area contributed by atoms with Gasteiger partial charge in [0.2, 0.25) is 0 Å². The molecule has 3 aromatic heterocycles. The molecule has 0 unspecified atom stereocenters. The standard InChI is InChI=1S/C19H22N6O2/c1-5-23(6-2)16-14-15(24(7-3)17(16)19(26)27-4)12-10-8-9-11-13(12)25-18(14)20-21-22-25/h8-11H,5-7H2,1-4H3. The van der Waals surface area contributed by atoms with Gasteiger partial charge in [-0.05, 0) is 37.3 Å². The van der Waals surface area contributed by atoms with Crippen LogP contribution in [0.5, 0.6) is 0 Å². The van der Waals surface area contributed by atoms with Gasteiger partial charge < -0.3 is 14.2 Å². The Labute approximate surface area is 156 Å². The highest BCUT2D eigenvalue weighted by Gasteiger charge is 2.30. The van der Waals surface area contributed by atoms with E-state index in [1.165, 1.54) is 7.11 Å². The van der Waals surface area contributed by atoms with Crippen molar-refractivity contribution in [3.05, 3.63) is 30.0 Å². The molecule has 0 aliphatic rings. The molecule has 3 heterocycles. The third-order valence-corrected chi connectivity index (χ3v) is 5.09. The summed E-state index contributed by atoms with van der Waals surface area (Å²) in [4.78, 5) is 15.0. The molecule has 0 saturated carbocycles. The van der Waals surface area contributed by atoms with Gasteiger partial charge in [0.05, 0.1) is 29.2 Å². The molecule has 0 spiro atoms. The minimum absolute atomic E-state index is 0.357. The van der Waals surface area contributed by atoms with Gasteiger partial charge in [0.1, 0.15) is 0 Å². The van der Waals surface area contributed by atoms with Gasteiger partial charge in [-0.25, -0.2) is 4.79 Å². The van der Waals surface area contributed by atoms with Gasteiger partial charge in [-0.2, -0.15) is 4.52 Å². The van der Waals surface area contributed by atoms with E-state index >= 15 is 0 Å². The molecule has 0 fully saturated rings. The molecule has 4 aromatic rings. The van der Waals surface area contributed by atoms with Crippen LogP contribution in [0.3, 0.4) is 0 Å². The van der Waals surface area contributed by atoms with Crippen LogP contribution in [0.15, 0.2) is 24.3 Å². The van der Waals surface area contributed by atoms with Crippen molar-refractivity contribution in [1.82, 2.24) is 24.6 Å². The number of pyridine rings is 1. The minimum atomic E-state index is -0.357. The average Bonchev–Trinajstić information content (AvgIpc) is 3.31. The number of anilines is 1. The second kappa shape index (κ2) is 6.53. The van der Waals surface area contributed by atoms with Crippen LogP contribution in [0.25, 0.3) is 27.5 Å². The van der Waals surface area contributed by atoms with E-state index in [0.29, 0.717) is 17.9 Å². The second-order valence-corrected chi connectivity index (χ2v) is 6.26. The highest BCUT2D eigenvalue weighted by Crippen LogP contribution is 2.40. The van der Waals surface area contributed by atoms with E-state index in [1.807, 2.05) is 35.8 Å². The molecule has 0 atom stereocenters. The zero-order valence-corrected chi connectivity index (χ0v) is 15.9. The van der Waals surface area contributed by atoms with Crippen molar-refractivity contribution in [2.75, 3.05) is 25.1 Å². The Morgan fingerprint density at radius 3 is 2.59 bits per heavy atom. The Hall–Kier alpha value is -3.16. The Kier molecular flexibility index (Phi) is 4.18. The van der Waals surface area contributed by atoms with E-state index in [1.54, 1.807) is 4.52 Å². The molecule has 27 heavy (non-hydrogen) atoms. The third kappa shape index (κ3) is 2.29. The highest BCUT2D eigenvalue weighted by molar-refractivity contribution is 6.19. The van der Waals surface area contributed by atoms with E-state index in [-0.39, 0.29) is 5.97 Å². The Bertz CT molecular complexity index is 1160. The fourth-order valence-electron chi connectivity index (χ4n) is 3.93. The number of para-hydroxylation sites is 1. The molecule has 0 bridgehead atoms. The zero-order chi connectivity index (χ0) is 19.1. The van der Waals surface area contributed by atoms with Crippen LogP contribution < -0.4 is 4.90 Å². The van der Waals surface area contributed by atoms with Crippen molar-refractivity contribution in [2.45, 2.75) is 27.3 Å². The summed E-state index contributed by atoms with van der Waals surface area (Å²) in [5, 5.41) is 14.3. The molecule has 140 valence electrons. The number of hydrogen-bond donors (Lipinski definition) is 0. The van der Waals surface area contributed by atoms with Gasteiger partial charge in [0.25, 0.3) is 0 Å². The van der Waals surface area contributed by atoms with Crippen molar-refractivity contribution >= 4 is 39.1 Å². The van der Waals surface area contributed by atoms with Gasteiger partial charge in [-0.1, -0.05) is 18.2 Å². The number of methoxy groups -OCH3 is 1. The first kappa shape index (κ1) is 17.3. The molecule has 4 rings (SSSR count). The first-order valence-corrected chi connectivity index (χ1v) is 9.16. The van der Waals surface area contributed by atoms with E-state index in [4.69, 9.17) is 4.74 Å². The number of ether oxygens (including phenoxy) is 1. The molecular weight excluding hydrogens is 344 g/mol. The first-order valence-electron chi connectivity index (χ1n) is 9.16. The minimum Gasteiger partial charge on any atom is -0.464 e. The van der Waals surface area contributed by atoms with Crippen LogP contribution in [-0.2, 0) is 11.3 Å². The number of tetrazole rings is 1. The van der Waals surface area contributed by atoms with E-state index in [9.17, 15) is 4.79 Å². The fourth-order valence-corrected chi connectivity index (χ4v) is 3.93. The number of aromatic nitrogens is 5. The fraction of sp³-hybridized carbons (Fsp3) is 0.368. The predicted octanol–water partition coefficient (Wildman–Crippen LogP) is 2.88. The van der Waals surface area contributed by atoms with Crippen LogP contribution in [0, 0.1) is 0 Å². The maximum absolute atomic E-state index is 12.8. The van der Waals surface area contributed by atoms with Gasteiger partial charge in [-0.3, -0.25) is 0 Å². The molecule has 0 aliphatic carbocycles. The molecule has 8 heteroatoms. The van der Waals surface area contributed by atoms with Crippen LogP contribution >= 0.6 is 0 Å². The number of carbonyl (C=O) groups is 1. The lowest BCUT2D eigenvalue weighted by atomic mass is 10.1. The molecule has 0 saturated heterocycles. The summed E-state index contributed by atoms with van der Waals surface area (Å²) in [5.74, 6) is -0.357. The summed E-state index contributed by atoms with van der Waals surface area (Å²) >= 11 is 0. The van der Waals surface area contributed by atoms with Crippen molar-refractivity contribution < 1.29 is 9.53 Å².